The van der Waals surface area contributed by atoms with Crippen molar-refractivity contribution in [1.82, 2.24) is 5.43 Å². The summed E-state index contributed by atoms with van der Waals surface area (Å²) in [5.74, 6) is 0.354. The number of nitrogens with zero attached hydrogens (tertiary/aromatic N) is 2. The molecule has 0 bridgehead atoms. The molecule has 0 aliphatic heterocycles. The van der Waals surface area contributed by atoms with Crippen molar-refractivity contribution in [3.05, 3.63) is 65.2 Å². The minimum Gasteiger partial charge on any atom is -0.479 e. The number of ether oxygens (including phenoxy) is 1. The molecule has 1 N–H and O–H groups in total. The lowest BCUT2D eigenvalue weighted by Gasteiger charge is -2.18. The molecule has 0 aliphatic rings. The number of amides is 1. The van der Waals surface area contributed by atoms with E-state index in [1.165, 1.54) is 5.56 Å². The van der Waals surface area contributed by atoms with Crippen molar-refractivity contribution in [2.24, 2.45) is 5.10 Å². The van der Waals surface area contributed by atoms with E-state index in [4.69, 9.17) is 10.00 Å². The van der Waals surface area contributed by atoms with Crippen LogP contribution >= 0.6 is 0 Å². The van der Waals surface area contributed by atoms with E-state index < -0.39 is 0 Å². The molecule has 0 unspecified atom stereocenters. The Morgan fingerprint density at radius 2 is 1.80 bits per heavy atom. The molecule has 0 fully saturated rings. The molecular weight excluding hydrogens is 314 g/mol. The Hall–Kier alpha value is -3.13. The molecule has 25 heavy (non-hydrogen) atoms. The van der Waals surface area contributed by atoms with Crippen LogP contribution in [0.3, 0.4) is 0 Å². The van der Waals surface area contributed by atoms with Gasteiger partial charge in [0.2, 0.25) is 0 Å². The summed E-state index contributed by atoms with van der Waals surface area (Å²) in [6, 6.07) is 16.5. The normalized spacial score (nSPS) is 11.1. The second-order valence-corrected chi connectivity index (χ2v) is 6.54. The summed E-state index contributed by atoms with van der Waals surface area (Å²) in [4.78, 5) is 12.1. The van der Waals surface area contributed by atoms with E-state index in [1.54, 1.807) is 42.6 Å². The molecule has 2 aromatic carbocycles. The highest BCUT2D eigenvalue weighted by molar-refractivity contribution is 5.94. The summed E-state index contributed by atoms with van der Waals surface area (Å²) in [6.07, 6.45) is 1.55. The maximum atomic E-state index is 12.1. The first-order valence-corrected chi connectivity index (χ1v) is 7.94. The van der Waals surface area contributed by atoms with Crippen LogP contribution in [0.5, 0.6) is 5.75 Å². The van der Waals surface area contributed by atoms with Crippen molar-refractivity contribution >= 4 is 12.1 Å². The van der Waals surface area contributed by atoms with Gasteiger partial charge in [0.25, 0.3) is 5.91 Å². The van der Waals surface area contributed by atoms with Crippen LogP contribution < -0.4 is 10.2 Å². The number of rotatable bonds is 5. The summed E-state index contributed by atoms with van der Waals surface area (Å²) in [7, 11) is 0. The molecule has 0 atom stereocenters. The largest absolute Gasteiger partial charge is 0.479 e. The summed E-state index contributed by atoms with van der Waals surface area (Å²) >= 11 is 0. The summed E-state index contributed by atoms with van der Waals surface area (Å²) in [6.45, 7) is 6.40. The van der Waals surface area contributed by atoms with Crippen LogP contribution in [-0.2, 0) is 5.41 Å². The van der Waals surface area contributed by atoms with E-state index in [-0.39, 0.29) is 17.9 Å². The van der Waals surface area contributed by atoms with Gasteiger partial charge in [-0.25, -0.2) is 5.43 Å². The molecule has 0 radical (unpaired) electrons. The van der Waals surface area contributed by atoms with Crippen molar-refractivity contribution in [3.63, 3.8) is 0 Å². The highest BCUT2D eigenvalue weighted by atomic mass is 16.5. The van der Waals surface area contributed by atoms with Crippen LogP contribution in [-0.4, -0.2) is 18.7 Å². The molecular formula is C20H21N3O2. The SMILES string of the molecule is CC(C)(C)c1ccc(C(=O)N/N=C\c2ccc(OCC#N)cc2)cc1. The van der Waals surface area contributed by atoms with Gasteiger partial charge in [-0.1, -0.05) is 32.9 Å². The Balaban J connectivity index is 1.93. The fourth-order valence-corrected chi connectivity index (χ4v) is 2.12. The van der Waals surface area contributed by atoms with Gasteiger partial charge in [0.1, 0.15) is 11.8 Å². The number of nitriles is 1. The molecule has 2 rings (SSSR count). The molecule has 1 amide bonds. The van der Waals surface area contributed by atoms with E-state index >= 15 is 0 Å². The van der Waals surface area contributed by atoms with Gasteiger partial charge >= 0.3 is 0 Å². The number of carbonyl (C=O) groups is 1. The minimum atomic E-state index is -0.259. The standard InChI is InChI=1S/C20H21N3O2/c1-20(2,3)17-8-6-16(7-9-17)19(24)23-22-14-15-4-10-18(11-5-15)25-13-12-21/h4-11,14H,13H2,1-3H3,(H,23,24)/b22-14-. The smallest absolute Gasteiger partial charge is 0.271 e. The second kappa shape index (κ2) is 8.11. The van der Waals surface area contributed by atoms with Gasteiger partial charge < -0.3 is 4.74 Å². The zero-order valence-electron chi connectivity index (χ0n) is 14.6. The van der Waals surface area contributed by atoms with E-state index in [1.807, 2.05) is 18.2 Å². The third kappa shape index (κ3) is 5.47. The number of hydrogen-bond donors (Lipinski definition) is 1. The van der Waals surface area contributed by atoms with Crippen molar-refractivity contribution in [3.8, 4) is 11.8 Å². The Labute approximate surface area is 147 Å². The molecule has 2 aromatic rings. The number of hydrazone groups is 1. The van der Waals surface area contributed by atoms with Crippen LogP contribution in [0.4, 0.5) is 0 Å². The highest BCUT2D eigenvalue weighted by Crippen LogP contribution is 2.22. The van der Waals surface area contributed by atoms with E-state index in [0.29, 0.717) is 11.3 Å². The Bertz CT molecular complexity index is 780. The first-order valence-electron chi connectivity index (χ1n) is 7.94. The van der Waals surface area contributed by atoms with Crippen LogP contribution in [0, 0.1) is 11.3 Å². The fraction of sp³-hybridized carbons (Fsp3) is 0.250. The molecule has 0 saturated heterocycles. The molecule has 0 heterocycles. The molecule has 5 heteroatoms. The van der Waals surface area contributed by atoms with Crippen LogP contribution in [0.25, 0.3) is 0 Å². The molecule has 0 spiro atoms. The third-order valence-electron chi connectivity index (χ3n) is 3.58. The van der Waals surface area contributed by atoms with Gasteiger partial charge in [0.15, 0.2) is 6.61 Å². The summed E-state index contributed by atoms with van der Waals surface area (Å²) in [5, 5.41) is 12.4. The number of hydrogen-bond acceptors (Lipinski definition) is 4. The molecule has 5 nitrogen and oxygen atoms in total. The molecule has 128 valence electrons. The number of nitrogens with one attached hydrogen (secondary N) is 1. The lowest BCUT2D eigenvalue weighted by atomic mass is 9.87. The van der Waals surface area contributed by atoms with Crippen LogP contribution in [0.1, 0.15) is 42.3 Å². The van der Waals surface area contributed by atoms with Gasteiger partial charge in [0, 0.05) is 5.56 Å². The quantitative estimate of drug-likeness (QED) is 0.669. The van der Waals surface area contributed by atoms with Gasteiger partial charge in [-0.3, -0.25) is 4.79 Å². The Kier molecular flexibility index (Phi) is 5.91. The number of benzene rings is 2. The molecule has 0 saturated carbocycles. The molecule has 0 aromatic heterocycles. The second-order valence-electron chi connectivity index (χ2n) is 6.54. The summed E-state index contributed by atoms with van der Waals surface area (Å²) in [5.41, 5.74) is 5.11. The predicted octanol–water partition coefficient (Wildman–Crippen LogP) is 3.65. The van der Waals surface area contributed by atoms with Gasteiger partial charge in [-0.2, -0.15) is 10.4 Å². The lowest BCUT2D eigenvalue weighted by Crippen LogP contribution is -2.18. The number of carbonyl (C=O) groups excluding carboxylic acids is 1. The van der Waals surface area contributed by atoms with Gasteiger partial charge in [-0.05, 0) is 52.9 Å². The van der Waals surface area contributed by atoms with Gasteiger partial charge in [-0.15, -0.1) is 0 Å². The molecule has 0 aliphatic carbocycles. The average Bonchev–Trinajstić information content (AvgIpc) is 2.60. The first kappa shape index (κ1) is 18.2. The lowest BCUT2D eigenvalue weighted by molar-refractivity contribution is 0.0955. The predicted molar refractivity (Wildman–Crippen MR) is 97.8 cm³/mol. The maximum absolute atomic E-state index is 12.1. The summed E-state index contributed by atoms with van der Waals surface area (Å²) < 4.78 is 5.17. The van der Waals surface area contributed by atoms with Crippen molar-refractivity contribution in [2.45, 2.75) is 26.2 Å². The minimum absolute atomic E-state index is 0.0114. The van der Waals surface area contributed by atoms with Crippen molar-refractivity contribution in [2.75, 3.05) is 6.61 Å². The Morgan fingerprint density at radius 1 is 1.16 bits per heavy atom. The van der Waals surface area contributed by atoms with Gasteiger partial charge in [0.05, 0.1) is 6.21 Å². The van der Waals surface area contributed by atoms with Crippen molar-refractivity contribution in [1.29, 1.82) is 5.26 Å². The van der Waals surface area contributed by atoms with Crippen LogP contribution in [0.2, 0.25) is 0 Å². The zero-order valence-corrected chi connectivity index (χ0v) is 14.6. The van der Waals surface area contributed by atoms with E-state index in [9.17, 15) is 4.79 Å². The first-order chi connectivity index (χ1) is 11.9. The topological polar surface area (TPSA) is 74.5 Å². The van der Waals surface area contributed by atoms with Crippen LogP contribution in [0.15, 0.2) is 53.6 Å². The van der Waals surface area contributed by atoms with E-state index in [2.05, 4.69) is 31.3 Å². The third-order valence-corrected chi connectivity index (χ3v) is 3.58. The maximum Gasteiger partial charge on any atom is 0.271 e. The monoisotopic (exact) mass is 335 g/mol. The van der Waals surface area contributed by atoms with Crippen molar-refractivity contribution < 1.29 is 9.53 Å². The zero-order chi connectivity index (χ0) is 18.3. The van der Waals surface area contributed by atoms with E-state index in [0.717, 1.165) is 5.56 Å². The Morgan fingerprint density at radius 3 is 2.36 bits per heavy atom. The fourth-order valence-electron chi connectivity index (χ4n) is 2.12. The average molecular weight is 335 g/mol. The highest BCUT2D eigenvalue weighted by Gasteiger charge is 2.14.